The summed E-state index contributed by atoms with van der Waals surface area (Å²) in [4.78, 5) is 24.7. The molecule has 10 saturated heterocycles. The molecule has 21 unspecified atom stereocenters. The number of aliphatic hydroxyl groups excluding tert-OH is 35. The van der Waals surface area contributed by atoms with E-state index in [4.69, 9.17) is 157 Å². The van der Waals surface area contributed by atoms with E-state index in [1.807, 2.05) is 0 Å². The molecule has 10 rings (SSSR count). The third-order valence-corrected chi connectivity index (χ3v) is 24.2. The predicted octanol–water partition coefficient (Wildman–Crippen LogP) is -17.4. The van der Waals surface area contributed by atoms with Crippen LogP contribution in [0.25, 0.3) is 0 Å². The van der Waals surface area contributed by atoms with E-state index in [1.165, 1.54) is 62.2 Å². The van der Waals surface area contributed by atoms with Crippen LogP contribution in [0.1, 0.15) is 54.9 Å². The van der Waals surface area contributed by atoms with Crippen molar-refractivity contribution in [1.29, 1.82) is 26.3 Å². The van der Waals surface area contributed by atoms with E-state index in [9.17, 15) is 163 Å². The summed E-state index contributed by atoms with van der Waals surface area (Å²) in [5.41, 5.74) is 0. The second-order valence-corrected chi connectivity index (χ2v) is 33.3. The Bertz CT molecular complexity index is 3630. The van der Waals surface area contributed by atoms with E-state index in [1.54, 1.807) is 20.8 Å². The van der Waals surface area contributed by atoms with Gasteiger partial charge in [0, 0.05) is 156 Å². The van der Waals surface area contributed by atoms with Crippen molar-refractivity contribution >= 4 is 11.9 Å². The fourth-order valence-corrected chi connectivity index (χ4v) is 15.7. The Labute approximate surface area is 897 Å². The Morgan fingerprint density at radius 1 is 0.338 bits per heavy atom. The maximum atomic E-state index is 12.4. The minimum Gasteiger partial charge on any atom is -0.477 e. The first kappa shape index (κ1) is 148. The molecule has 0 aromatic rings. The Morgan fingerprint density at radius 2 is 0.601 bits per heavy atom. The first-order valence-corrected chi connectivity index (χ1v) is 43.9. The van der Waals surface area contributed by atoms with Crippen molar-refractivity contribution in [1.82, 2.24) is 0 Å². The van der Waals surface area contributed by atoms with Crippen molar-refractivity contribution in [2.75, 3.05) is 102 Å². The zero-order chi connectivity index (χ0) is 111. The van der Waals surface area contributed by atoms with Crippen LogP contribution in [0.4, 0.5) is 0 Å². The monoisotopic (exact) mass is 2320 g/mol. The largest absolute Gasteiger partial charge is 0.477 e. The summed E-state index contributed by atoms with van der Waals surface area (Å²) in [6.45, 7) is 1.45. The van der Waals surface area contributed by atoms with Gasteiger partial charge in [-0.15, -0.1) is 0 Å². The van der Waals surface area contributed by atoms with Gasteiger partial charge < -0.3 is 284 Å². The predicted molar refractivity (Wildman–Crippen MR) is 458 cm³/mol. The molecule has 860 valence electrons. The molecule has 64 nitrogen and oxygen atoms in total. The van der Waals surface area contributed by atoms with Crippen LogP contribution in [-0.4, -0.2) is 578 Å². The molecule has 37 N–H and O–H groups in total. The number of carboxylic acid groups (broad SMARTS) is 2. The molecule has 66 heteroatoms. The summed E-state index contributed by atoms with van der Waals surface area (Å²) in [6, 6.07) is 0. The molecule has 0 bridgehead atoms. The van der Waals surface area contributed by atoms with Gasteiger partial charge in [-0.05, 0) is 12.2 Å². The van der Waals surface area contributed by atoms with Gasteiger partial charge in [-0.25, -0.2) is 22.4 Å². The number of nitriles is 5. The molecule has 148 heavy (non-hydrogen) atoms. The minimum atomic E-state index is -2.80. The van der Waals surface area contributed by atoms with Crippen LogP contribution in [0.3, 0.4) is 0 Å². The summed E-state index contributed by atoms with van der Waals surface area (Å²) in [5, 5.41) is 386. The number of aliphatic carboxylic acids is 2. The zero-order valence-corrected chi connectivity index (χ0v) is 86.4. The van der Waals surface area contributed by atoms with E-state index in [0.717, 1.165) is 31.3 Å². The Balaban J connectivity index is -0.00000180. The number of ether oxygens (including phenoxy) is 20. The maximum Gasteiger partial charge on any atom is 0.364 e. The standard InChI is InChI=1S/2C23H39O17.C14H26O10.2C8H16O5.5CHNO.CH4.2Y/c1-8-10(27)4-23(22(33)34,40-19(8)15(29)11(28)5-24)36-7-13-16(30)17(31)18(32)21(38-13)39-20-9(26)3-14(35-2)37-12(20)6-25;1-8-10(28)4-23(22(33)34,39-18(8)15(30)11(29)5-24)40-20-16(31)12(6-25)37-21(17(20)32)38-19-9(27)3-14(35-2)36-13(19)7-26;1-5-8(17)12(7(4-16)23-13(5)21-2)24-14-11(20)10(19)9(18)6(3-15)22-14;2*1-4-6(10)7(11)5(3-9)13-8(4)12-2;5*2-1-3;;;/h2*3,8-21,24-32H,4-7H2,1-2H3,(H,33,34);5-20H,3-4H2,1-2H3;2*4-11H,3H2,1-2H3;5*3H;1H4;;/q2*-1;;;;;;;;;;;/t8-,9-,10-,11-,12?,13?,14?,15-,16+,17+,18?,19?,20+,21+,23-;8-,9-,10-,11-,12?,13?,14?,15-,16+,17?,18?,19+,20+,21+,23+;5?,6?,7?,8-,9+,10+,11?,12-,13?,14+;4?,5?,6-,7+,8?;4?,5?,6-,7-,8?;;;;;;;;/m11111......../s1. The Hall–Kier alpha value is -4.40. The molecule has 10 fully saturated rings. The summed E-state index contributed by atoms with van der Waals surface area (Å²) >= 11 is 0. The summed E-state index contributed by atoms with van der Waals surface area (Å²) in [7, 11) is 6.92. The van der Waals surface area contributed by atoms with Crippen LogP contribution < -0.4 is 0 Å². The quantitative estimate of drug-likeness (QED) is 0.0226. The Morgan fingerprint density at radius 3 is 0.912 bits per heavy atom. The number of nitrogens with zero attached hydrogens (tertiary/aromatic N) is 5. The molecule has 0 aliphatic carbocycles. The van der Waals surface area contributed by atoms with Crippen molar-refractivity contribution in [3.8, 4) is 31.3 Å². The molecule has 10 heterocycles. The van der Waals surface area contributed by atoms with Crippen LogP contribution in [0.2, 0.25) is 0 Å². The van der Waals surface area contributed by atoms with Gasteiger partial charge in [-0.2, -0.15) is 26.3 Å². The van der Waals surface area contributed by atoms with Crippen LogP contribution in [0.15, 0.2) is 0 Å². The van der Waals surface area contributed by atoms with Crippen LogP contribution >= 0.6 is 0 Å². The second kappa shape index (κ2) is 74.0. The molecule has 0 saturated carbocycles. The summed E-state index contributed by atoms with van der Waals surface area (Å²) < 4.78 is 107. The van der Waals surface area contributed by atoms with E-state index in [-0.39, 0.29) is 97.9 Å². The van der Waals surface area contributed by atoms with Crippen LogP contribution in [0.5, 0.6) is 0 Å². The zero-order valence-electron chi connectivity index (χ0n) is 80.8. The van der Waals surface area contributed by atoms with Crippen molar-refractivity contribution in [2.45, 2.75) is 330 Å². The van der Waals surface area contributed by atoms with Gasteiger partial charge in [0.15, 0.2) is 37.7 Å². The van der Waals surface area contributed by atoms with Gasteiger partial charge in [0.2, 0.25) is 0 Å². The Kier molecular flexibility index (Phi) is 73.8. The van der Waals surface area contributed by atoms with E-state index < -0.39 is 371 Å². The summed E-state index contributed by atoms with van der Waals surface area (Å²) in [6.07, 6.45) is -53.9. The van der Waals surface area contributed by atoms with Crippen molar-refractivity contribution in [2.24, 2.45) is 29.6 Å². The molecule has 2 radical (unpaired) electrons. The van der Waals surface area contributed by atoms with Crippen molar-refractivity contribution in [3.05, 3.63) is 12.8 Å². The number of carbonyl (C=O) groups is 2. The molecule has 0 spiro atoms. The molecule has 10 aliphatic heterocycles. The number of aliphatic hydroxyl groups is 35. The van der Waals surface area contributed by atoms with Crippen LogP contribution in [0, 0.1) is 100 Å². The molecule has 0 aromatic heterocycles. The molecule has 0 aromatic carbocycles. The topological polar surface area (TPSA) is 1090 Å². The van der Waals surface area contributed by atoms with Gasteiger partial charge in [0.1, 0.15) is 146 Å². The fraction of sp³-hybridized carbons (Fsp3) is 0.890. The van der Waals surface area contributed by atoms with E-state index >= 15 is 0 Å². The summed E-state index contributed by atoms with van der Waals surface area (Å²) in [5.74, 6) is -11.9. The third kappa shape index (κ3) is 40.6. The SMILES string of the molecule is C.COC1OC(CO)[C@@H](O)[C@H](O)C1C.COC1OC(CO)[C@@H](O[C@@H]2OC(CO)[C@H](O)[C@H](O)C2O)[C@H](O)C1C.COC1OC(CO)[C@H](O)[C@H](O)C1C.COC1[CH-][C@@H](O)[C@H](O[C@@H]2OC(CO)[C@H](O)[C@H](O[C@]3(C(=O)O)C[C@@H](O)[C@@H](C)C([C@H](O)[C@H](O)CO)O3)C2O)C(CO)O1.COC1[CH-][C@@H](O)[C@H](O[C@@H]2OC(CO[C@]3(C(=O)O)C[C@@H](O)[C@@H](C)C([C@H](O)[C@H](O)CO)O3)[C@H](O)[C@H](O)C2O)C(CO)O1.N#CO.N#CO.N#CO.N#CO.N#CO.[Y].[Y]. The number of hydrogen-bond acceptors (Lipinski definition) is 62. The average Bonchev–Trinajstić information content (AvgIpc) is 0.755. The normalized spacial score (nSPS) is 41.4. The number of carboxylic acids is 2. The number of rotatable bonds is 31. The number of methoxy groups -OCH3 is 5. The average molecular weight is 2320 g/mol. The first-order valence-electron chi connectivity index (χ1n) is 43.9. The molecule has 50 atom stereocenters. The van der Waals surface area contributed by atoms with Gasteiger partial charge >= 0.3 is 11.9 Å². The second-order valence-electron chi connectivity index (χ2n) is 33.3. The third-order valence-electron chi connectivity index (χ3n) is 24.2. The van der Waals surface area contributed by atoms with E-state index in [2.05, 4.69) is 0 Å². The van der Waals surface area contributed by atoms with Crippen molar-refractivity contribution in [3.63, 3.8) is 0 Å². The molecule has 0 amide bonds. The minimum absolute atomic E-state index is 0. The van der Waals surface area contributed by atoms with Crippen LogP contribution in [-0.2, 0) is 170 Å². The van der Waals surface area contributed by atoms with Gasteiger partial charge in [0.25, 0.3) is 42.9 Å². The number of hydrogen-bond donors (Lipinski definition) is 37. The molecular weight excluding hydrogens is 2180 g/mol. The molecular formula is C82H145N5O59Y2-2. The smallest absolute Gasteiger partial charge is 0.364 e. The first-order chi connectivity index (χ1) is 68.3. The fourth-order valence-electron chi connectivity index (χ4n) is 15.7. The molecule has 10 aliphatic rings. The van der Waals surface area contributed by atoms with Crippen molar-refractivity contribution < 1.29 is 359 Å². The maximum absolute atomic E-state index is 12.4. The van der Waals surface area contributed by atoms with E-state index in [0.29, 0.717) is 0 Å². The van der Waals surface area contributed by atoms with Gasteiger partial charge in [-0.3, -0.25) is 0 Å². The van der Waals surface area contributed by atoms with Gasteiger partial charge in [0.05, 0.1) is 121 Å². The van der Waals surface area contributed by atoms with Gasteiger partial charge in [-0.1, -0.05) is 42.0 Å².